The highest BCUT2D eigenvalue weighted by atomic mass is 32.1. The zero-order valence-electron chi connectivity index (χ0n) is 12.0. The van der Waals surface area contributed by atoms with Crippen LogP contribution in [0.3, 0.4) is 0 Å². The molecule has 2 saturated heterocycles. The van der Waals surface area contributed by atoms with E-state index in [0.29, 0.717) is 16.9 Å². The molecule has 0 radical (unpaired) electrons. The van der Waals surface area contributed by atoms with Gasteiger partial charge in [-0.05, 0) is 0 Å². The van der Waals surface area contributed by atoms with Crippen LogP contribution in [0.2, 0.25) is 0 Å². The second-order valence-corrected chi connectivity index (χ2v) is 6.87. The van der Waals surface area contributed by atoms with E-state index in [1.165, 1.54) is 12.7 Å². The fourth-order valence-electron chi connectivity index (χ4n) is 3.39. The van der Waals surface area contributed by atoms with Crippen LogP contribution in [0.1, 0.15) is 10.5 Å². The second kappa shape index (κ2) is 4.44. The van der Waals surface area contributed by atoms with Crippen LogP contribution in [-0.2, 0) is 0 Å². The minimum atomic E-state index is -0.0679. The van der Waals surface area contributed by atoms with E-state index in [4.69, 9.17) is 0 Å². The smallest absolute Gasteiger partial charge is 0.274 e. The van der Waals surface area contributed by atoms with E-state index in [0.717, 1.165) is 31.3 Å². The average Bonchev–Trinajstić information content (AvgIpc) is 3.14. The van der Waals surface area contributed by atoms with E-state index < -0.39 is 0 Å². The summed E-state index contributed by atoms with van der Waals surface area (Å²) in [7, 11) is 0. The van der Waals surface area contributed by atoms with E-state index >= 15 is 0 Å². The normalized spacial score (nSPS) is 19.0. The molecule has 9 nitrogen and oxygen atoms in total. The Morgan fingerprint density at radius 1 is 1.22 bits per heavy atom. The van der Waals surface area contributed by atoms with E-state index in [2.05, 4.69) is 35.0 Å². The molecule has 2 fully saturated rings. The van der Waals surface area contributed by atoms with Gasteiger partial charge in [0.25, 0.3) is 5.91 Å². The van der Waals surface area contributed by atoms with Crippen LogP contribution >= 0.6 is 11.3 Å². The van der Waals surface area contributed by atoms with Gasteiger partial charge in [-0.15, -0.1) is 10.2 Å². The number of carbonyl (C=O) groups is 1. The molecule has 2 aliphatic heterocycles. The summed E-state index contributed by atoms with van der Waals surface area (Å²) in [5.41, 5.74) is 3.44. The number of anilines is 1. The van der Waals surface area contributed by atoms with Crippen molar-refractivity contribution in [1.82, 2.24) is 35.0 Å². The van der Waals surface area contributed by atoms with Crippen LogP contribution < -0.4 is 4.90 Å². The number of aromatic nitrogens is 6. The maximum atomic E-state index is 12.6. The summed E-state index contributed by atoms with van der Waals surface area (Å²) in [5, 5.41) is 8.89. The summed E-state index contributed by atoms with van der Waals surface area (Å²) < 4.78 is 0. The van der Waals surface area contributed by atoms with E-state index in [9.17, 15) is 4.79 Å². The third-order valence-electron chi connectivity index (χ3n) is 4.44. The van der Waals surface area contributed by atoms with Crippen molar-refractivity contribution in [3.8, 4) is 0 Å². The highest BCUT2D eigenvalue weighted by molar-refractivity contribution is 7.13. The zero-order chi connectivity index (χ0) is 15.4. The number of likely N-dealkylation sites (tertiary alicyclic amines) is 1. The maximum Gasteiger partial charge on any atom is 0.274 e. The van der Waals surface area contributed by atoms with E-state index in [1.807, 2.05) is 4.90 Å². The van der Waals surface area contributed by atoms with Gasteiger partial charge in [-0.2, -0.15) is 0 Å². The third kappa shape index (κ3) is 1.84. The summed E-state index contributed by atoms with van der Waals surface area (Å²) >= 11 is 1.54. The number of aromatic amines is 1. The number of carbonyl (C=O) groups excluding carboxylic acids is 1. The Hall–Kier alpha value is -2.62. The number of imidazole rings is 1. The first-order chi connectivity index (χ1) is 11.2. The molecular formula is C13H12N8OS. The molecule has 10 heteroatoms. The molecule has 3 aromatic heterocycles. The topological polar surface area (TPSA) is 104 Å². The van der Waals surface area contributed by atoms with Gasteiger partial charge in [0.15, 0.2) is 11.3 Å². The molecular weight excluding hydrogens is 316 g/mol. The predicted octanol–water partition coefficient (Wildman–Crippen LogP) is 0.167. The zero-order valence-corrected chi connectivity index (χ0v) is 12.8. The third-order valence-corrected chi connectivity index (χ3v) is 5.19. The standard InChI is InChI=1S/C13H12N8OS/c22-11(9-8-10(16-5-14-8)17-6-15-9)20-1-13(2-20)3-21(4-13)12-19-18-7-23-12/h5-7H,1-4H2,(H,14,15,16,17). The fourth-order valence-corrected chi connectivity index (χ4v) is 3.95. The van der Waals surface area contributed by atoms with Crippen molar-refractivity contribution in [2.24, 2.45) is 5.41 Å². The number of hydrogen-bond acceptors (Lipinski definition) is 8. The highest BCUT2D eigenvalue weighted by Crippen LogP contribution is 2.42. The van der Waals surface area contributed by atoms with Crippen LogP contribution in [0, 0.1) is 5.41 Å². The lowest BCUT2D eigenvalue weighted by Gasteiger charge is -2.59. The van der Waals surface area contributed by atoms with Crippen molar-refractivity contribution >= 4 is 33.5 Å². The predicted molar refractivity (Wildman–Crippen MR) is 82.1 cm³/mol. The SMILES string of the molecule is O=C(c1ncnc2nc[nH]c12)N1CC2(C1)CN(c1nncs1)C2. The molecule has 1 amide bonds. The fraction of sp³-hybridized carbons (Fsp3) is 0.385. The van der Waals surface area contributed by atoms with Gasteiger partial charge in [-0.3, -0.25) is 4.79 Å². The number of fused-ring (bicyclic) bond motifs is 1. The van der Waals surface area contributed by atoms with Gasteiger partial charge in [-0.25, -0.2) is 15.0 Å². The lowest BCUT2D eigenvalue weighted by atomic mass is 9.73. The molecule has 3 aromatic rings. The molecule has 116 valence electrons. The number of rotatable bonds is 2. The molecule has 5 heterocycles. The molecule has 5 rings (SSSR count). The highest BCUT2D eigenvalue weighted by Gasteiger charge is 2.54. The lowest BCUT2D eigenvalue weighted by molar-refractivity contribution is -0.0108. The van der Waals surface area contributed by atoms with Gasteiger partial charge in [-0.1, -0.05) is 11.3 Å². The summed E-state index contributed by atoms with van der Waals surface area (Å²) in [6.07, 6.45) is 2.91. The van der Waals surface area contributed by atoms with Crippen molar-refractivity contribution in [2.45, 2.75) is 0 Å². The van der Waals surface area contributed by atoms with Gasteiger partial charge in [0.05, 0.1) is 6.33 Å². The number of nitrogens with zero attached hydrogens (tertiary/aromatic N) is 7. The first kappa shape index (κ1) is 12.9. The van der Waals surface area contributed by atoms with Crippen molar-refractivity contribution in [3.63, 3.8) is 0 Å². The molecule has 0 saturated carbocycles. The maximum absolute atomic E-state index is 12.6. The summed E-state index contributed by atoms with van der Waals surface area (Å²) in [5.74, 6) is -0.0679. The van der Waals surface area contributed by atoms with Gasteiger partial charge < -0.3 is 14.8 Å². The van der Waals surface area contributed by atoms with Crippen molar-refractivity contribution in [3.05, 3.63) is 23.9 Å². The molecule has 0 aliphatic carbocycles. The van der Waals surface area contributed by atoms with Crippen molar-refractivity contribution in [1.29, 1.82) is 0 Å². The lowest BCUT2D eigenvalue weighted by Crippen LogP contribution is -2.73. The number of nitrogens with one attached hydrogen (secondary N) is 1. The Balaban J connectivity index is 1.29. The molecule has 1 N–H and O–H groups in total. The van der Waals surface area contributed by atoms with Crippen LogP contribution in [0.15, 0.2) is 18.2 Å². The molecule has 0 bridgehead atoms. The summed E-state index contributed by atoms with van der Waals surface area (Å²) in [6, 6.07) is 0. The first-order valence-corrected chi connectivity index (χ1v) is 8.07. The molecule has 1 spiro atoms. The number of hydrogen-bond donors (Lipinski definition) is 1. The Bertz CT molecular complexity index is 876. The quantitative estimate of drug-likeness (QED) is 0.715. The van der Waals surface area contributed by atoms with Gasteiger partial charge >= 0.3 is 0 Å². The van der Waals surface area contributed by atoms with Crippen LogP contribution in [0.5, 0.6) is 0 Å². The minimum absolute atomic E-state index is 0.0679. The second-order valence-electron chi connectivity index (χ2n) is 6.06. The van der Waals surface area contributed by atoms with Crippen LogP contribution in [0.4, 0.5) is 5.13 Å². The Labute approximate surface area is 134 Å². The first-order valence-electron chi connectivity index (χ1n) is 7.19. The summed E-state index contributed by atoms with van der Waals surface area (Å²) in [6.45, 7) is 3.35. The van der Waals surface area contributed by atoms with E-state index in [1.54, 1.807) is 16.8 Å². The molecule has 2 aliphatic rings. The van der Waals surface area contributed by atoms with Gasteiger partial charge in [0.1, 0.15) is 17.4 Å². The molecule has 23 heavy (non-hydrogen) atoms. The average molecular weight is 328 g/mol. The Kier molecular flexibility index (Phi) is 2.49. The van der Waals surface area contributed by atoms with Crippen LogP contribution in [0.25, 0.3) is 11.2 Å². The monoisotopic (exact) mass is 328 g/mol. The Morgan fingerprint density at radius 2 is 2.09 bits per heavy atom. The largest absolute Gasteiger partial charge is 0.345 e. The van der Waals surface area contributed by atoms with Gasteiger partial charge in [0, 0.05) is 31.6 Å². The molecule has 0 unspecified atom stereocenters. The Morgan fingerprint density at radius 3 is 2.87 bits per heavy atom. The number of amides is 1. The van der Waals surface area contributed by atoms with Gasteiger partial charge in [0.2, 0.25) is 5.13 Å². The van der Waals surface area contributed by atoms with E-state index in [-0.39, 0.29) is 11.3 Å². The van der Waals surface area contributed by atoms with Crippen molar-refractivity contribution in [2.75, 3.05) is 31.1 Å². The van der Waals surface area contributed by atoms with Crippen LogP contribution in [-0.4, -0.2) is 67.1 Å². The number of H-pyrrole nitrogens is 1. The van der Waals surface area contributed by atoms with Crippen molar-refractivity contribution < 1.29 is 4.79 Å². The molecule has 0 aromatic carbocycles. The summed E-state index contributed by atoms with van der Waals surface area (Å²) in [4.78, 5) is 31.8. The molecule has 0 atom stereocenters. The minimum Gasteiger partial charge on any atom is -0.345 e.